The molecule has 7 heteroatoms. The van der Waals surface area contributed by atoms with Crippen LogP contribution in [0.1, 0.15) is 63.0 Å². The summed E-state index contributed by atoms with van der Waals surface area (Å²) < 4.78 is 5.49. The fraction of sp³-hybridized carbons (Fsp3) is 0.455. The summed E-state index contributed by atoms with van der Waals surface area (Å²) in [6, 6.07) is 9.15. The van der Waals surface area contributed by atoms with E-state index in [1.807, 2.05) is 13.8 Å². The summed E-state index contributed by atoms with van der Waals surface area (Å²) >= 11 is 0. The molecule has 7 nitrogen and oxygen atoms in total. The van der Waals surface area contributed by atoms with Crippen molar-refractivity contribution < 1.29 is 9.53 Å². The van der Waals surface area contributed by atoms with Gasteiger partial charge in [-0.15, -0.1) is 0 Å². The number of morpholine rings is 1. The van der Waals surface area contributed by atoms with Crippen molar-refractivity contribution in [3.05, 3.63) is 94.0 Å². The van der Waals surface area contributed by atoms with E-state index in [-0.39, 0.29) is 11.8 Å². The van der Waals surface area contributed by atoms with Gasteiger partial charge in [-0.3, -0.25) is 14.7 Å². The lowest BCUT2D eigenvalue weighted by molar-refractivity contribution is -0.117. The predicted molar refractivity (Wildman–Crippen MR) is 162 cm³/mol. The molecule has 212 valence electrons. The standard InChI is InChI=1S/C33H43N5O2/c1-22-16-23(2)36-24(3)31(22)20-35-33(39)29-17-27(18-32(30(29)19-34)37-28-6-4-5-7-28)26-10-8-25(9-11-26)21-38-12-14-40-15-13-38/h8-11,16-17,19,27-28,36H,3-7,12-15,18,20-21,34H2,1-2H3,(H,35,39). The Labute approximate surface area is 238 Å². The van der Waals surface area contributed by atoms with Crippen LogP contribution in [-0.2, 0) is 16.1 Å². The first kappa shape index (κ1) is 28.1. The van der Waals surface area contributed by atoms with Gasteiger partial charge in [0.15, 0.2) is 0 Å². The number of rotatable bonds is 7. The second-order valence-corrected chi connectivity index (χ2v) is 11.4. The Morgan fingerprint density at radius 1 is 1.20 bits per heavy atom. The van der Waals surface area contributed by atoms with E-state index < -0.39 is 0 Å². The summed E-state index contributed by atoms with van der Waals surface area (Å²) in [7, 11) is 0. The number of aliphatic imine (C=N–C) groups is 1. The number of ether oxygens (including phenoxy) is 1. The van der Waals surface area contributed by atoms with Gasteiger partial charge in [0.25, 0.3) is 5.91 Å². The Hall–Kier alpha value is -3.42. The second kappa shape index (κ2) is 12.8. The van der Waals surface area contributed by atoms with Crippen LogP contribution in [0.3, 0.4) is 0 Å². The van der Waals surface area contributed by atoms with Crippen LogP contribution in [0.4, 0.5) is 0 Å². The molecule has 2 fully saturated rings. The fourth-order valence-electron chi connectivity index (χ4n) is 6.19. The topological polar surface area (TPSA) is 92.0 Å². The minimum absolute atomic E-state index is 0.0555. The van der Waals surface area contributed by atoms with Gasteiger partial charge in [-0.2, -0.15) is 0 Å². The van der Waals surface area contributed by atoms with Gasteiger partial charge in [-0.05, 0) is 55.0 Å². The molecule has 1 aromatic rings. The quantitative estimate of drug-likeness (QED) is 0.469. The van der Waals surface area contributed by atoms with E-state index in [9.17, 15) is 4.79 Å². The van der Waals surface area contributed by atoms with Gasteiger partial charge in [0.2, 0.25) is 0 Å². The zero-order chi connectivity index (χ0) is 28.1. The van der Waals surface area contributed by atoms with Crippen LogP contribution in [0.25, 0.3) is 0 Å². The van der Waals surface area contributed by atoms with Crippen molar-refractivity contribution in [1.29, 1.82) is 0 Å². The molecule has 1 amide bonds. The molecule has 2 heterocycles. The van der Waals surface area contributed by atoms with Crippen molar-refractivity contribution in [2.75, 3.05) is 32.8 Å². The summed E-state index contributed by atoms with van der Waals surface area (Å²) in [4.78, 5) is 21.3. The van der Waals surface area contributed by atoms with Crippen molar-refractivity contribution in [3.63, 3.8) is 0 Å². The van der Waals surface area contributed by atoms with Gasteiger partial charge in [0, 0.05) is 73.0 Å². The van der Waals surface area contributed by atoms with Gasteiger partial charge < -0.3 is 21.1 Å². The first-order chi connectivity index (χ1) is 19.4. The average molecular weight is 542 g/mol. The van der Waals surface area contributed by atoms with E-state index in [4.69, 9.17) is 15.5 Å². The van der Waals surface area contributed by atoms with Gasteiger partial charge in [0.1, 0.15) is 0 Å². The molecule has 1 atom stereocenters. The lowest BCUT2D eigenvalue weighted by atomic mass is 9.81. The minimum Gasteiger partial charge on any atom is -0.404 e. The molecule has 0 spiro atoms. The Bertz CT molecular complexity index is 1270. The van der Waals surface area contributed by atoms with E-state index in [1.54, 1.807) is 6.20 Å². The molecule has 40 heavy (non-hydrogen) atoms. The number of carbonyl (C=O) groups excluding carboxylic acids is 1. The first-order valence-corrected chi connectivity index (χ1v) is 14.6. The van der Waals surface area contributed by atoms with E-state index in [2.05, 4.69) is 58.5 Å². The summed E-state index contributed by atoms with van der Waals surface area (Å²) in [6.45, 7) is 13.1. The summed E-state index contributed by atoms with van der Waals surface area (Å²) in [6.07, 6.45) is 11.1. The number of nitrogens with two attached hydrogens (primary N) is 1. The van der Waals surface area contributed by atoms with Crippen LogP contribution >= 0.6 is 0 Å². The number of carbonyl (C=O) groups is 1. The number of nitrogens with zero attached hydrogens (tertiary/aromatic N) is 2. The van der Waals surface area contributed by atoms with Gasteiger partial charge >= 0.3 is 0 Å². The maximum Gasteiger partial charge on any atom is 0.251 e. The van der Waals surface area contributed by atoms with Crippen molar-refractivity contribution in [3.8, 4) is 0 Å². The van der Waals surface area contributed by atoms with Crippen LogP contribution in [0.5, 0.6) is 0 Å². The Morgan fingerprint density at radius 2 is 1.93 bits per heavy atom. The fourth-order valence-corrected chi connectivity index (χ4v) is 6.19. The molecular formula is C33H43N5O2. The van der Waals surface area contributed by atoms with Crippen LogP contribution in [-0.4, -0.2) is 55.4 Å². The Balaban J connectivity index is 1.39. The Morgan fingerprint density at radius 3 is 2.60 bits per heavy atom. The van der Waals surface area contributed by atoms with E-state index >= 15 is 0 Å². The molecule has 1 unspecified atom stereocenters. The first-order valence-electron chi connectivity index (χ1n) is 14.6. The van der Waals surface area contributed by atoms with E-state index in [0.29, 0.717) is 18.2 Å². The highest BCUT2D eigenvalue weighted by atomic mass is 16.5. The van der Waals surface area contributed by atoms with Crippen LogP contribution in [0, 0.1) is 0 Å². The van der Waals surface area contributed by atoms with Crippen LogP contribution in [0.15, 0.2) is 87.9 Å². The molecule has 1 saturated carbocycles. The molecule has 0 bridgehead atoms. The maximum absolute atomic E-state index is 13.7. The third-order valence-corrected chi connectivity index (χ3v) is 8.42. The van der Waals surface area contributed by atoms with Crippen LogP contribution < -0.4 is 16.4 Å². The maximum atomic E-state index is 13.7. The molecule has 4 aliphatic rings. The lowest BCUT2D eigenvalue weighted by Crippen LogP contribution is -2.35. The number of allylic oxidation sites excluding steroid dienone is 4. The molecule has 1 saturated heterocycles. The van der Waals surface area contributed by atoms with Gasteiger partial charge in [0.05, 0.1) is 19.3 Å². The molecule has 0 radical (unpaired) electrons. The highest BCUT2D eigenvalue weighted by molar-refractivity contribution is 6.15. The zero-order valence-corrected chi connectivity index (χ0v) is 24.0. The normalized spacial score (nSPS) is 24.8. The summed E-state index contributed by atoms with van der Waals surface area (Å²) in [5.41, 5.74) is 14.9. The minimum atomic E-state index is -0.135. The van der Waals surface area contributed by atoms with Gasteiger partial charge in [-0.25, -0.2) is 0 Å². The highest BCUT2D eigenvalue weighted by Gasteiger charge is 2.30. The highest BCUT2D eigenvalue weighted by Crippen LogP contribution is 2.35. The monoisotopic (exact) mass is 541 g/mol. The number of amides is 1. The van der Waals surface area contributed by atoms with Crippen molar-refractivity contribution in [1.82, 2.24) is 15.5 Å². The lowest BCUT2D eigenvalue weighted by Gasteiger charge is -2.28. The van der Waals surface area contributed by atoms with Crippen molar-refractivity contribution >= 4 is 11.6 Å². The van der Waals surface area contributed by atoms with Crippen molar-refractivity contribution in [2.24, 2.45) is 10.7 Å². The third kappa shape index (κ3) is 6.65. The third-order valence-electron chi connectivity index (χ3n) is 8.42. The van der Waals surface area contributed by atoms with Gasteiger partial charge in [-0.1, -0.05) is 49.8 Å². The molecule has 2 aliphatic heterocycles. The molecule has 4 N–H and O–H groups in total. The van der Waals surface area contributed by atoms with Crippen LogP contribution in [0.2, 0.25) is 0 Å². The number of nitrogens with one attached hydrogen (secondary N) is 2. The molecule has 2 aliphatic carbocycles. The largest absolute Gasteiger partial charge is 0.404 e. The van der Waals surface area contributed by atoms with Crippen molar-refractivity contribution in [2.45, 2.75) is 64.5 Å². The predicted octanol–water partition coefficient (Wildman–Crippen LogP) is 4.61. The van der Waals surface area contributed by atoms with E-state index in [1.165, 1.54) is 24.0 Å². The number of hydrogen-bond acceptors (Lipinski definition) is 6. The molecule has 5 rings (SSSR count). The molecular weight excluding hydrogens is 498 g/mol. The number of benzene rings is 1. The molecule has 0 aromatic heterocycles. The average Bonchev–Trinajstić information content (AvgIpc) is 3.46. The number of dihydropyridines is 1. The van der Waals surface area contributed by atoms with E-state index in [0.717, 1.165) is 85.9 Å². The molecule has 1 aromatic carbocycles. The summed E-state index contributed by atoms with van der Waals surface area (Å²) in [5, 5.41) is 6.41. The Kier molecular flexibility index (Phi) is 9.02. The number of hydrogen-bond donors (Lipinski definition) is 3. The second-order valence-electron chi connectivity index (χ2n) is 11.4. The SMILES string of the molecule is C=C1NC(C)=CC(C)=C1CNC(=O)C1=CC(c2ccc(CN3CCOCC3)cc2)CC(=NC2CCCC2)C1=CN. The smallest absolute Gasteiger partial charge is 0.251 e. The summed E-state index contributed by atoms with van der Waals surface area (Å²) in [5.74, 6) is -0.0799. The zero-order valence-electron chi connectivity index (χ0n) is 24.0.